The second kappa shape index (κ2) is 5.70. The van der Waals surface area contributed by atoms with Gasteiger partial charge in [0.05, 0.1) is 4.92 Å². The van der Waals surface area contributed by atoms with Crippen molar-refractivity contribution >= 4 is 11.4 Å². The van der Waals surface area contributed by atoms with E-state index in [1.165, 1.54) is 6.07 Å². The van der Waals surface area contributed by atoms with Crippen molar-refractivity contribution in [2.45, 2.75) is 25.9 Å². The Morgan fingerprint density at radius 1 is 1.39 bits per heavy atom. The Morgan fingerprint density at radius 3 is 2.61 bits per heavy atom. The van der Waals surface area contributed by atoms with Gasteiger partial charge in [0.15, 0.2) is 0 Å². The third kappa shape index (κ3) is 4.60. The molecule has 1 aromatic carbocycles. The highest BCUT2D eigenvalue weighted by Crippen LogP contribution is 2.23. The van der Waals surface area contributed by atoms with Crippen molar-refractivity contribution in [1.82, 2.24) is 0 Å². The summed E-state index contributed by atoms with van der Waals surface area (Å²) in [5.74, 6) is 0. The van der Waals surface area contributed by atoms with E-state index in [0.717, 1.165) is 0 Å². The summed E-state index contributed by atoms with van der Waals surface area (Å²) in [5.41, 5.74) is 0.922. The van der Waals surface area contributed by atoms with E-state index in [1.807, 2.05) is 0 Å². The maximum absolute atomic E-state index is 11.9. The fraction of sp³-hybridized carbons (Fsp3) is 0.455. The zero-order chi connectivity index (χ0) is 13.8. The smallest absolute Gasteiger partial charge is 0.385 e. The predicted molar refractivity (Wildman–Crippen MR) is 61.6 cm³/mol. The average molecular weight is 262 g/mol. The summed E-state index contributed by atoms with van der Waals surface area (Å²) in [6, 6.07) is 4.49. The third-order valence-electron chi connectivity index (χ3n) is 2.37. The molecule has 0 aliphatic carbocycles. The van der Waals surface area contributed by atoms with E-state index in [0.29, 0.717) is 11.3 Å². The van der Waals surface area contributed by atoms with Crippen molar-refractivity contribution in [2.24, 2.45) is 0 Å². The lowest BCUT2D eigenvalue weighted by Crippen LogP contribution is -2.11. The van der Waals surface area contributed by atoms with Gasteiger partial charge in [-0.05, 0) is 19.4 Å². The highest BCUT2D eigenvalue weighted by molar-refractivity contribution is 5.54. The number of nitrogens with zero attached hydrogens (tertiary/aromatic N) is 1. The lowest BCUT2D eigenvalue weighted by Gasteiger charge is -2.08. The summed E-state index contributed by atoms with van der Waals surface area (Å²) in [4.78, 5) is 10.1. The van der Waals surface area contributed by atoms with Crippen molar-refractivity contribution in [1.29, 1.82) is 0 Å². The lowest BCUT2D eigenvalue weighted by molar-refractivity contribution is -0.385. The van der Waals surface area contributed by atoms with Crippen molar-refractivity contribution < 1.29 is 18.1 Å². The zero-order valence-electron chi connectivity index (χ0n) is 9.75. The van der Waals surface area contributed by atoms with Crippen LogP contribution in [0, 0.1) is 17.0 Å². The quantitative estimate of drug-likeness (QED) is 0.500. The van der Waals surface area contributed by atoms with Crippen LogP contribution in [0.25, 0.3) is 0 Å². The standard InChI is InChI=1S/C11H13F3N2O2/c1-8-3-4-9(7-10(8)16(17)18)15-6-2-5-11(12,13)14/h3-4,7,15H,2,5-6H2,1H3. The van der Waals surface area contributed by atoms with Gasteiger partial charge in [-0.25, -0.2) is 0 Å². The Morgan fingerprint density at radius 2 is 2.06 bits per heavy atom. The first-order chi connectivity index (χ1) is 8.29. The fourth-order valence-electron chi connectivity index (χ4n) is 1.44. The van der Waals surface area contributed by atoms with E-state index < -0.39 is 17.5 Å². The summed E-state index contributed by atoms with van der Waals surface area (Å²) < 4.78 is 35.7. The SMILES string of the molecule is Cc1ccc(NCCCC(F)(F)F)cc1[N+](=O)[O-]. The molecular formula is C11H13F3N2O2. The molecule has 0 saturated heterocycles. The van der Waals surface area contributed by atoms with Crippen molar-refractivity contribution in [3.63, 3.8) is 0 Å². The molecule has 0 aliphatic heterocycles. The molecule has 0 unspecified atom stereocenters. The van der Waals surface area contributed by atoms with Crippen LogP contribution in [0.3, 0.4) is 0 Å². The van der Waals surface area contributed by atoms with Gasteiger partial charge in [0.2, 0.25) is 0 Å². The van der Waals surface area contributed by atoms with Gasteiger partial charge < -0.3 is 5.32 Å². The zero-order valence-corrected chi connectivity index (χ0v) is 9.75. The van der Waals surface area contributed by atoms with Crippen LogP contribution < -0.4 is 5.32 Å². The molecule has 18 heavy (non-hydrogen) atoms. The number of nitro benzene ring substituents is 1. The number of nitrogens with one attached hydrogen (secondary N) is 1. The largest absolute Gasteiger partial charge is 0.389 e. The lowest BCUT2D eigenvalue weighted by atomic mass is 10.2. The van der Waals surface area contributed by atoms with Crippen molar-refractivity contribution in [3.05, 3.63) is 33.9 Å². The Kier molecular flexibility index (Phi) is 4.52. The number of alkyl halides is 3. The molecule has 0 aliphatic rings. The molecule has 0 aromatic heterocycles. The van der Waals surface area contributed by atoms with E-state index in [2.05, 4.69) is 5.32 Å². The molecule has 1 N–H and O–H groups in total. The van der Waals surface area contributed by atoms with Crippen LogP contribution in [0.4, 0.5) is 24.5 Å². The second-order valence-corrected chi connectivity index (χ2v) is 3.90. The van der Waals surface area contributed by atoms with E-state index in [9.17, 15) is 23.3 Å². The first-order valence-corrected chi connectivity index (χ1v) is 5.35. The molecule has 0 heterocycles. The van der Waals surface area contributed by atoms with Crippen LogP contribution in [0.1, 0.15) is 18.4 Å². The minimum Gasteiger partial charge on any atom is -0.385 e. The van der Waals surface area contributed by atoms with Crippen molar-refractivity contribution in [3.8, 4) is 0 Å². The van der Waals surface area contributed by atoms with Crippen LogP contribution in [0.5, 0.6) is 0 Å². The fourth-order valence-corrected chi connectivity index (χ4v) is 1.44. The molecule has 1 rings (SSSR count). The summed E-state index contributed by atoms with van der Waals surface area (Å²) in [5, 5.41) is 13.4. The minimum atomic E-state index is -4.17. The molecule has 0 saturated carbocycles. The first kappa shape index (κ1) is 14.3. The van der Waals surface area contributed by atoms with Gasteiger partial charge in [0, 0.05) is 30.3 Å². The molecule has 0 bridgehead atoms. The maximum Gasteiger partial charge on any atom is 0.389 e. The highest BCUT2D eigenvalue weighted by Gasteiger charge is 2.25. The third-order valence-corrected chi connectivity index (χ3v) is 2.37. The van der Waals surface area contributed by atoms with Gasteiger partial charge in [-0.3, -0.25) is 10.1 Å². The van der Waals surface area contributed by atoms with Gasteiger partial charge in [0.1, 0.15) is 0 Å². The van der Waals surface area contributed by atoms with Crippen LogP contribution >= 0.6 is 0 Å². The summed E-state index contributed by atoms with van der Waals surface area (Å²) >= 11 is 0. The van der Waals surface area contributed by atoms with Crippen LogP contribution in [0.15, 0.2) is 18.2 Å². The van der Waals surface area contributed by atoms with E-state index in [1.54, 1.807) is 19.1 Å². The Bertz CT molecular complexity index is 433. The Labute approximate surface area is 102 Å². The predicted octanol–water partition coefficient (Wildman–Crippen LogP) is 3.66. The Hall–Kier alpha value is -1.79. The number of rotatable bonds is 5. The van der Waals surface area contributed by atoms with Gasteiger partial charge in [-0.2, -0.15) is 13.2 Å². The number of hydrogen-bond donors (Lipinski definition) is 1. The molecule has 0 amide bonds. The number of anilines is 1. The molecule has 4 nitrogen and oxygen atoms in total. The van der Waals surface area contributed by atoms with Crippen LogP contribution in [-0.2, 0) is 0 Å². The van der Waals surface area contributed by atoms with Gasteiger partial charge in [-0.15, -0.1) is 0 Å². The normalized spacial score (nSPS) is 11.3. The molecule has 7 heteroatoms. The number of nitro groups is 1. The van der Waals surface area contributed by atoms with E-state index in [4.69, 9.17) is 0 Å². The minimum absolute atomic E-state index is 0.0455. The summed E-state index contributed by atoms with van der Waals surface area (Å²) in [6.07, 6.45) is -5.10. The van der Waals surface area contributed by atoms with Gasteiger partial charge in [0.25, 0.3) is 5.69 Å². The summed E-state index contributed by atoms with van der Waals surface area (Å²) in [7, 11) is 0. The molecule has 1 aromatic rings. The Balaban J connectivity index is 2.53. The van der Waals surface area contributed by atoms with Crippen molar-refractivity contribution in [2.75, 3.05) is 11.9 Å². The van der Waals surface area contributed by atoms with E-state index in [-0.39, 0.29) is 18.7 Å². The number of hydrogen-bond acceptors (Lipinski definition) is 3. The summed E-state index contributed by atoms with van der Waals surface area (Å²) in [6.45, 7) is 1.73. The molecular weight excluding hydrogens is 249 g/mol. The van der Waals surface area contributed by atoms with Gasteiger partial charge >= 0.3 is 6.18 Å². The van der Waals surface area contributed by atoms with Crippen LogP contribution in [-0.4, -0.2) is 17.6 Å². The van der Waals surface area contributed by atoms with Crippen LogP contribution in [0.2, 0.25) is 0 Å². The highest BCUT2D eigenvalue weighted by atomic mass is 19.4. The van der Waals surface area contributed by atoms with Gasteiger partial charge in [-0.1, -0.05) is 6.07 Å². The first-order valence-electron chi connectivity index (χ1n) is 5.35. The number of benzene rings is 1. The number of aryl methyl sites for hydroxylation is 1. The van der Waals surface area contributed by atoms with E-state index >= 15 is 0 Å². The topological polar surface area (TPSA) is 55.2 Å². The number of halogens is 3. The molecule has 0 spiro atoms. The maximum atomic E-state index is 11.9. The average Bonchev–Trinajstić information content (AvgIpc) is 2.24. The molecule has 0 fully saturated rings. The second-order valence-electron chi connectivity index (χ2n) is 3.90. The molecule has 0 radical (unpaired) electrons. The monoisotopic (exact) mass is 262 g/mol. The molecule has 100 valence electrons. The molecule has 0 atom stereocenters.